The molecule has 112 valence electrons. The van der Waals surface area contributed by atoms with Gasteiger partial charge in [-0.25, -0.2) is 8.42 Å². The van der Waals surface area contributed by atoms with Crippen molar-refractivity contribution >= 4 is 10.0 Å². The average molecular weight is 298 g/mol. The normalized spacial score (nSPS) is 19.5. The Morgan fingerprint density at radius 3 is 2.75 bits per heavy atom. The van der Waals surface area contributed by atoms with Crippen molar-refractivity contribution < 1.29 is 13.2 Å². The lowest BCUT2D eigenvalue weighted by atomic mass is 10.2. The van der Waals surface area contributed by atoms with Crippen LogP contribution >= 0.6 is 0 Å². The third-order valence-corrected chi connectivity index (χ3v) is 5.71. The number of hydrogen-bond donors (Lipinski definition) is 1. The molecule has 0 aliphatic carbocycles. The van der Waals surface area contributed by atoms with Gasteiger partial charge in [-0.1, -0.05) is 13.0 Å². The van der Waals surface area contributed by atoms with E-state index >= 15 is 0 Å². The van der Waals surface area contributed by atoms with Crippen LogP contribution in [0.15, 0.2) is 23.1 Å². The fraction of sp³-hybridized carbons (Fsp3) is 0.571. The number of hydrogen-bond acceptors (Lipinski definition) is 4. The van der Waals surface area contributed by atoms with Gasteiger partial charge in [-0.15, -0.1) is 0 Å². The Hall–Kier alpha value is -1.11. The van der Waals surface area contributed by atoms with Crippen LogP contribution in [0, 0.1) is 6.92 Å². The maximum atomic E-state index is 12.9. The molecule has 1 aromatic carbocycles. The minimum Gasteiger partial charge on any atom is -0.495 e. The molecule has 1 heterocycles. The summed E-state index contributed by atoms with van der Waals surface area (Å²) in [4.78, 5) is 0.258. The number of rotatable bonds is 5. The molecule has 5 nitrogen and oxygen atoms in total. The number of methoxy groups -OCH3 is 1. The number of ether oxygens (including phenoxy) is 1. The van der Waals surface area contributed by atoms with Crippen LogP contribution in [-0.4, -0.2) is 45.5 Å². The highest BCUT2D eigenvalue weighted by Gasteiger charge is 2.33. The quantitative estimate of drug-likeness (QED) is 0.892. The van der Waals surface area contributed by atoms with E-state index in [-0.39, 0.29) is 10.9 Å². The standard InChI is InChI=1S/C14H22N2O3S/c1-4-16(12-7-8-15-10-12)20(17,18)14-9-11(2)5-6-13(14)19-3/h5-6,9,12,15H,4,7-8,10H2,1-3H3. The maximum Gasteiger partial charge on any atom is 0.247 e. The minimum absolute atomic E-state index is 0.0234. The topological polar surface area (TPSA) is 58.6 Å². The van der Waals surface area contributed by atoms with Crippen molar-refractivity contribution in [3.63, 3.8) is 0 Å². The van der Waals surface area contributed by atoms with E-state index in [1.807, 2.05) is 19.9 Å². The Labute approximate surface area is 121 Å². The highest BCUT2D eigenvalue weighted by Crippen LogP contribution is 2.29. The molecule has 1 atom stereocenters. The summed E-state index contributed by atoms with van der Waals surface area (Å²) < 4.78 is 32.6. The molecule has 2 rings (SSSR count). The molecule has 0 bridgehead atoms. The molecule has 6 heteroatoms. The highest BCUT2D eigenvalue weighted by atomic mass is 32.2. The van der Waals surface area contributed by atoms with Crippen LogP contribution in [0.3, 0.4) is 0 Å². The first kappa shape index (κ1) is 15.3. The first-order valence-electron chi connectivity index (χ1n) is 6.88. The molecule has 0 amide bonds. The summed E-state index contributed by atoms with van der Waals surface area (Å²) in [6, 6.07) is 5.27. The Balaban J connectivity index is 2.44. The van der Waals surface area contributed by atoms with E-state index in [0.29, 0.717) is 18.8 Å². The molecule has 0 spiro atoms. The SMILES string of the molecule is CCN(C1CCNC1)S(=O)(=O)c1cc(C)ccc1OC. The Kier molecular flexibility index (Phi) is 4.67. The van der Waals surface area contributed by atoms with E-state index in [0.717, 1.165) is 18.5 Å². The van der Waals surface area contributed by atoms with E-state index in [4.69, 9.17) is 4.74 Å². The Morgan fingerprint density at radius 2 is 2.20 bits per heavy atom. The van der Waals surface area contributed by atoms with Gasteiger partial charge in [0, 0.05) is 19.1 Å². The zero-order chi connectivity index (χ0) is 14.8. The largest absolute Gasteiger partial charge is 0.495 e. The first-order chi connectivity index (χ1) is 9.50. The summed E-state index contributed by atoms with van der Waals surface area (Å²) in [6.07, 6.45) is 0.848. The highest BCUT2D eigenvalue weighted by molar-refractivity contribution is 7.89. The molecule has 1 aliphatic rings. The summed E-state index contributed by atoms with van der Waals surface area (Å²) in [5, 5.41) is 3.21. The molecule has 0 radical (unpaired) electrons. The molecule has 1 unspecified atom stereocenters. The van der Waals surface area contributed by atoms with Gasteiger partial charge in [0.1, 0.15) is 10.6 Å². The van der Waals surface area contributed by atoms with Crippen LogP contribution < -0.4 is 10.1 Å². The van der Waals surface area contributed by atoms with E-state index in [1.165, 1.54) is 7.11 Å². The van der Waals surface area contributed by atoms with Crippen LogP contribution in [0.5, 0.6) is 5.75 Å². The second kappa shape index (κ2) is 6.11. The number of sulfonamides is 1. The lowest BCUT2D eigenvalue weighted by molar-refractivity contribution is 0.344. The van der Waals surface area contributed by atoms with Crippen molar-refractivity contribution in [3.05, 3.63) is 23.8 Å². The van der Waals surface area contributed by atoms with Crippen molar-refractivity contribution in [2.75, 3.05) is 26.7 Å². The predicted octanol–water partition coefficient (Wildman–Crippen LogP) is 1.38. The zero-order valence-corrected chi connectivity index (χ0v) is 13.0. The number of nitrogens with zero attached hydrogens (tertiary/aromatic N) is 1. The van der Waals surface area contributed by atoms with E-state index in [9.17, 15) is 8.42 Å². The fourth-order valence-corrected chi connectivity index (χ4v) is 4.53. The second-order valence-corrected chi connectivity index (χ2v) is 6.87. The van der Waals surface area contributed by atoms with Gasteiger partial charge in [-0.2, -0.15) is 4.31 Å². The molecular weight excluding hydrogens is 276 g/mol. The lowest BCUT2D eigenvalue weighted by Crippen LogP contribution is -2.41. The van der Waals surface area contributed by atoms with Gasteiger partial charge in [-0.05, 0) is 37.6 Å². The van der Waals surface area contributed by atoms with E-state index in [1.54, 1.807) is 16.4 Å². The minimum atomic E-state index is -3.53. The van der Waals surface area contributed by atoms with Gasteiger partial charge in [-0.3, -0.25) is 0 Å². The van der Waals surface area contributed by atoms with Crippen LogP contribution in [0.25, 0.3) is 0 Å². The molecule has 0 aromatic heterocycles. The van der Waals surface area contributed by atoms with E-state index < -0.39 is 10.0 Å². The molecule has 1 saturated heterocycles. The smallest absolute Gasteiger partial charge is 0.247 e. The lowest BCUT2D eigenvalue weighted by Gasteiger charge is -2.27. The molecule has 1 aromatic rings. The van der Waals surface area contributed by atoms with Crippen molar-refractivity contribution in [2.45, 2.75) is 31.2 Å². The van der Waals surface area contributed by atoms with Gasteiger partial charge >= 0.3 is 0 Å². The Morgan fingerprint density at radius 1 is 1.45 bits per heavy atom. The maximum absolute atomic E-state index is 12.9. The number of nitrogens with one attached hydrogen (secondary N) is 1. The van der Waals surface area contributed by atoms with Gasteiger partial charge in [0.2, 0.25) is 10.0 Å². The fourth-order valence-electron chi connectivity index (χ4n) is 2.62. The molecule has 1 fully saturated rings. The molecule has 1 aliphatic heterocycles. The molecule has 0 saturated carbocycles. The van der Waals surface area contributed by atoms with Crippen molar-refractivity contribution in [2.24, 2.45) is 0 Å². The van der Waals surface area contributed by atoms with Crippen molar-refractivity contribution in [1.82, 2.24) is 9.62 Å². The molecule has 20 heavy (non-hydrogen) atoms. The van der Waals surface area contributed by atoms with Gasteiger partial charge in [0.15, 0.2) is 0 Å². The summed E-state index contributed by atoms with van der Waals surface area (Å²) in [6.45, 7) is 5.79. The summed E-state index contributed by atoms with van der Waals surface area (Å²) >= 11 is 0. The monoisotopic (exact) mass is 298 g/mol. The van der Waals surface area contributed by atoms with Gasteiger partial charge in [0.25, 0.3) is 0 Å². The average Bonchev–Trinajstić information content (AvgIpc) is 2.93. The molecular formula is C14H22N2O3S. The summed E-state index contributed by atoms with van der Waals surface area (Å²) in [7, 11) is -2.03. The second-order valence-electron chi connectivity index (χ2n) is 5.01. The van der Waals surface area contributed by atoms with Gasteiger partial charge in [0.05, 0.1) is 7.11 Å². The Bertz CT molecular complexity index is 566. The van der Waals surface area contributed by atoms with Crippen LogP contribution in [-0.2, 0) is 10.0 Å². The summed E-state index contributed by atoms with van der Waals surface area (Å²) in [5.74, 6) is 0.403. The van der Waals surface area contributed by atoms with Crippen LogP contribution in [0.2, 0.25) is 0 Å². The van der Waals surface area contributed by atoms with Crippen LogP contribution in [0.1, 0.15) is 18.9 Å². The van der Waals surface area contributed by atoms with Crippen LogP contribution in [0.4, 0.5) is 0 Å². The van der Waals surface area contributed by atoms with Crippen molar-refractivity contribution in [1.29, 1.82) is 0 Å². The number of benzene rings is 1. The molecule has 1 N–H and O–H groups in total. The predicted molar refractivity (Wildman–Crippen MR) is 78.6 cm³/mol. The van der Waals surface area contributed by atoms with Gasteiger partial charge < -0.3 is 10.1 Å². The summed E-state index contributed by atoms with van der Waals surface area (Å²) in [5.41, 5.74) is 0.907. The third kappa shape index (κ3) is 2.82. The number of aryl methyl sites for hydroxylation is 1. The van der Waals surface area contributed by atoms with Crippen molar-refractivity contribution in [3.8, 4) is 5.75 Å². The first-order valence-corrected chi connectivity index (χ1v) is 8.32. The number of likely N-dealkylation sites (N-methyl/N-ethyl adjacent to an activating group) is 1. The van der Waals surface area contributed by atoms with E-state index in [2.05, 4.69) is 5.32 Å². The third-order valence-electron chi connectivity index (χ3n) is 3.66. The zero-order valence-electron chi connectivity index (χ0n) is 12.2.